The molecular weight excluding hydrogens is 307 g/mol. The Bertz CT molecular complexity index is 729. The van der Waals surface area contributed by atoms with Gasteiger partial charge in [-0.05, 0) is 41.9 Å². The molecule has 0 bridgehead atoms. The first-order valence-electron chi connectivity index (χ1n) is 8.34. The second-order valence-electron chi connectivity index (χ2n) is 7.55. The third-order valence-electron chi connectivity index (χ3n) is 4.85. The highest BCUT2D eigenvalue weighted by Crippen LogP contribution is 2.38. The first kappa shape index (κ1) is 16.7. The number of fused-ring (bicyclic) bond motifs is 1. The summed E-state index contributed by atoms with van der Waals surface area (Å²) in [7, 11) is 0. The molecule has 0 unspecified atom stereocenters. The molecule has 1 amide bonds. The number of benzene rings is 1. The summed E-state index contributed by atoms with van der Waals surface area (Å²) < 4.78 is 18.3. The molecule has 4 nitrogen and oxygen atoms in total. The summed E-state index contributed by atoms with van der Waals surface area (Å²) in [6.45, 7) is 7.02. The highest BCUT2D eigenvalue weighted by atomic mass is 19.1. The molecule has 24 heavy (non-hydrogen) atoms. The van der Waals surface area contributed by atoms with E-state index in [1.807, 2.05) is 0 Å². The number of aromatic nitrogens is 1. The average molecular weight is 330 g/mol. The van der Waals surface area contributed by atoms with Crippen LogP contribution in [-0.4, -0.2) is 11.1 Å². The van der Waals surface area contributed by atoms with Gasteiger partial charge in [0.2, 0.25) is 0 Å². The molecule has 0 spiro atoms. The molecule has 0 saturated carbocycles. The summed E-state index contributed by atoms with van der Waals surface area (Å²) >= 11 is 0. The van der Waals surface area contributed by atoms with Gasteiger partial charge in [-0.1, -0.05) is 38.1 Å². The van der Waals surface area contributed by atoms with E-state index in [9.17, 15) is 9.18 Å². The van der Waals surface area contributed by atoms with Crippen molar-refractivity contribution < 1.29 is 13.7 Å². The van der Waals surface area contributed by atoms with Crippen LogP contribution < -0.4 is 5.32 Å². The molecule has 3 rings (SSSR count). The fraction of sp³-hybridized carbons (Fsp3) is 0.474. The lowest BCUT2D eigenvalue weighted by Gasteiger charge is -2.33. The summed E-state index contributed by atoms with van der Waals surface area (Å²) in [6, 6.07) is 6.08. The van der Waals surface area contributed by atoms with Crippen molar-refractivity contribution >= 4 is 5.91 Å². The Kier molecular flexibility index (Phi) is 4.43. The summed E-state index contributed by atoms with van der Waals surface area (Å²) in [5.41, 5.74) is 2.37. The van der Waals surface area contributed by atoms with E-state index >= 15 is 0 Å². The van der Waals surface area contributed by atoms with Crippen molar-refractivity contribution in [3.05, 3.63) is 52.7 Å². The number of carbonyl (C=O) groups is 1. The Hall–Kier alpha value is -2.17. The highest BCUT2D eigenvalue weighted by Gasteiger charge is 2.34. The maximum atomic E-state index is 12.9. The van der Waals surface area contributed by atoms with E-state index in [-0.39, 0.29) is 17.1 Å². The van der Waals surface area contributed by atoms with Gasteiger partial charge in [0.1, 0.15) is 11.6 Å². The molecule has 1 aliphatic rings. The molecular formula is C19H23FN2O2. The third-order valence-corrected chi connectivity index (χ3v) is 4.85. The number of carbonyl (C=O) groups excluding carboxylic acids is 1. The van der Waals surface area contributed by atoms with Crippen molar-refractivity contribution in [1.82, 2.24) is 10.5 Å². The minimum atomic E-state index is -0.288. The van der Waals surface area contributed by atoms with E-state index < -0.39 is 0 Å². The van der Waals surface area contributed by atoms with Crippen molar-refractivity contribution in [1.29, 1.82) is 0 Å². The Morgan fingerprint density at radius 2 is 2.04 bits per heavy atom. The van der Waals surface area contributed by atoms with E-state index in [0.717, 1.165) is 36.1 Å². The number of halogens is 1. The molecule has 0 aliphatic heterocycles. The minimum absolute atomic E-state index is 0.191. The maximum absolute atomic E-state index is 12.9. The number of hydrogen-bond donors (Lipinski definition) is 1. The van der Waals surface area contributed by atoms with Crippen LogP contribution >= 0.6 is 0 Å². The van der Waals surface area contributed by atoms with Crippen LogP contribution in [0.4, 0.5) is 4.39 Å². The molecule has 1 N–H and O–H groups in total. The zero-order chi connectivity index (χ0) is 17.3. The van der Waals surface area contributed by atoms with Gasteiger partial charge < -0.3 is 9.84 Å². The van der Waals surface area contributed by atoms with Crippen LogP contribution in [-0.2, 0) is 19.4 Å². The zero-order valence-electron chi connectivity index (χ0n) is 14.4. The predicted molar refractivity (Wildman–Crippen MR) is 89.0 cm³/mol. The van der Waals surface area contributed by atoms with Crippen LogP contribution in [0.25, 0.3) is 0 Å². The Morgan fingerprint density at radius 3 is 2.71 bits per heavy atom. The quantitative estimate of drug-likeness (QED) is 0.929. The molecule has 0 fully saturated rings. The topological polar surface area (TPSA) is 55.1 Å². The summed E-state index contributed by atoms with van der Waals surface area (Å²) in [5.74, 6) is 0.818. The maximum Gasteiger partial charge on any atom is 0.274 e. The van der Waals surface area contributed by atoms with Gasteiger partial charge in [0, 0.05) is 18.5 Å². The van der Waals surface area contributed by atoms with Crippen LogP contribution in [0.2, 0.25) is 0 Å². The van der Waals surface area contributed by atoms with Crippen molar-refractivity contribution in [3.8, 4) is 0 Å². The predicted octanol–water partition coefficient (Wildman–Crippen LogP) is 3.89. The van der Waals surface area contributed by atoms with Crippen molar-refractivity contribution in [3.63, 3.8) is 0 Å². The highest BCUT2D eigenvalue weighted by molar-refractivity contribution is 5.93. The monoisotopic (exact) mass is 330 g/mol. The van der Waals surface area contributed by atoms with Gasteiger partial charge in [0.15, 0.2) is 5.69 Å². The number of nitrogens with zero attached hydrogens (tertiary/aromatic N) is 1. The molecule has 1 aliphatic carbocycles. The molecule has 128 valence electrons. The lowest BCUT2D eigenvalue weighted by atomic mass is 9.71. The number of nitrogens with one attached hydrogen (secondary N) is 1. The molecule has 5 heteroatoms. The molecule has 2 aromatic rings. The second-order valence-corrected chi connectivity index (χ2v) is 7.55. The third kappa shape index (κ3) is 3.50. The molecule has 1 atom stereocenters. The summed E-state index contributed by atoms with van der Waals surface area (Å²) in [6.07, 6.45) is 2.71. The van der Waals surface area contributed by atoms with Crippen molar-refractivity contribution in [2.45, 2.75) is 46.6 Å². The molecule has 1 aromatic heterocycles. The van der Waals surface area contributed by atoms with Gasteiger partial charge in [-0.2, -0.15) is 0 Å². The van der Waals surface area contributed by atoms with Crippen LogP contribution in [0.1, 0.15) is 54.6 Å². The second kappa shape index (κ2) is 6.38. The van der Waals surface area contributed by atoms with Crippen molar-refractivity contribution in [2.75, 3.05) is 0 Å². The average Bonchev–Trinajstić information content (AvgIpc) is 2.96. The molecule has 0 radical (unpaired) electrons. The van der Waals surface area contributed by atoms with E-state index in [1.54, 1.807) is 12.1 Å². The minimum Gasteiger partial charge on any atom is -0.360 e. The van der Waals surface area contributed by atoms with Crippen molar-refractivity contribution in [2.24, 2.45) is 11.3 Å². The van der Waals surface area contributed by atoms with Crippen LogP contribution in [0.15, 0.2) is 28.8 Å². The fourth-order valence-corrected chi connectivity index (χ4v) is 3.19. The number of hydrogen-bond acceptors (Lipinski definition) is 3. The van der Waals surface area contributed by atoms with Crippen LogP contribution in [0, 0.1) is 17.2 Å². The van der Waals surface area contributed by atoms with Gasteiger partial charge in [0.25, 0.3) is 5.91 Å². The first-order chi connectivity index (χ1) is 11.3. The molecule has 0 saturated heterocycles. The lowest BCUT2D eigenvalue weighted by Crippen LogP contribution is -2.29. The fourth-order valence-electron chi connectivity index (χ4n) is 3.19. The summed E-state index contributed by atoms with van der Waals surface area (Å²) in [5, 5.41) is 6.83. The van der Waals surface area contributed by atoms with Gasteiger partial charge in [-0.15, -0.1) is 0 Å². The van der Waals surface area contributed by atoms with Crippen LogP contribution in [0.3, 0.4) is 0 Å². The normalized spacial score (nSPS) is 17.4. The zero-order valence-corrected chi connectivity index (χ0v) is 14.4. The van der Waals surface area contributed by atoms with Gasteiger partial charge in [0.05, 0.1) is 0 Å². The van der Waals surface area contributed by atoms with E-state index in [0.29, 0.717) is 18.2 Å². The largest absolute Gasteiger partial charge is 0.360 e. The smallest absolute Gasteiger partial charge is 0.274 e. The number of rotatable bonds is 3. The van der Waals surface area contributed by atoms with E-state index in [4.69, 9.17) is 4.52 Å². The molecule has 1 aromatic carbocycles. The van der Waals surface area contributed by atoms with Gasteiger partial charge in [-0.3, -0.25) is 4.79 Å². The number of aryl methyl sites for hydroxylation is 1. The standard InChI is InChI=1S/C19H23FN2O2/c1-19(2,3)13-6-9-16-15(10-13)17(22-24-16)18(23)21-11-12-4-7-14(20)8-5-12/h4-5,7-8,13H,6,9-11H2,1-3H3,(H,21,23)/t13-/m0/s1. The number of amides is 1. The lowest BCUT2D eigenvalue weighted by molar-refractivity contribution is 0.0940. The Balaban J connectivity index is 1.70. The van der Waals surface area contributed by atoms with Gasteiger partial charge >= 0.3 is 0 Å². The SMILES string of the molecule is CC(C)(C)[C@H]1CCc2onc(C(=O)NCc3ccc(F)cc3)c2C1. The van der Waals surface area contributed by atoms with Crippen LogP contribution in [0.5, 0.6) is 0 Å². The van der Waals surface area contributed by atoms with E-state index in [2.05, 4.69) is 31.2 Å². The Morgan fingerprint density at radius 1 is 1.33 bits per heavy atom. The van der Waals surface area contributed by atoms with Gasteiger partial charge in [-0.25, -0.2) is 4.39 Å². The molecule has 1 heterocycles. The van der Waals surface area contributed by atoms with E-state index in [1.165, 1.54) is 12.1 Å². The Labute approximate surface area is 141 Å². The first-order valence-corrected chi connectivity index (χ1v) is 8.34. The summed E-state index contributed by atoms with van der Waals surface area (Å²) in [4.78, 5) is 12.5.